The average Bonchev–Trinajstić information content (AvgIpc) is 3.81. The Balaban J connectivity index is 1.16. The van der Waals surface area contributed by atoms with Gasteiger partial charge in [0.05, 0.1) is 21.5 Å². The Morgan fingerprint density at radius 2 is 1.04 bits per heavy atom. The number of para-hydroxylation sites is 1. The van der Waals surface area contributed by atoms with Crippen molar-refractivity contribution in [2.24, 2.45) is 0 Å². The lowest BCUT2D eigenvalue weighted by molar-refractivity contribution is 0.670. The van der Waals surface area contributed by atoms with Crippen LogP contribution in [0.5, 0.6) is 0 Å². The molecular weight excluding hydrogens is 663 g/mol. The standard InChI is InChI=1S/C50H31NOS/c1-3-12-35-30-37(22-20-32(35)10-1)34-24-26-39(27-25-34)51(45-17-9-16-42-41-14-6-8-19-47(41)53-50(42)45)44-29-28-40(38-23-21-33-11-2-4-13-36(33)31-38)49-48(44)43-15-5-7-18-46(43)52-49/h1-31H. The normalized spacial score (nSPS) is 11.8. The summed E-state index contributed by atoms with van der Waals surface area (Å²) in [5.74, 6) is 0. The van der Waals surface area contributed by atoms with E-state index in [4.69, 9.17) is 4.42 Å². The average molecular weight is 694 g/mol. The van der Waals surface area contributed by atoms with Crippen LogP contribution in [-0.4, -0.2) is 0 Å². The third kappa shape index (κ3) is 4.86. The van der Waals surface area contributed by atoms with E-state index >= 15 is 0 Å². The summed E-state index contributed by atoms with van der Waals surface area (Å²) in [5.41, 5.74) is 9.69. The van der Waals surface area contributed by atoms with E-state index in [9.17, 15) is 0 Å². The number of hydrogen-bond acceptors (Lipinski definition) is 3. The van der Waals surface area contributed by atoms with E-state index in [1.165, 1.54) is 52.8 Å². The molecule has 0 radical (unpaired) electrons. The van der Waals surface area contributed by atoms with Crippen LogP contribution in [0.4, 0.5) is 17.1 Å². The SMILES string of the molecule is c1ccc2cc(-c3ccc(N(c4cccc5c4sc4ccccc45)c4ccc(-c5ccc6ccccc6c5)c5oc6ccccc6c45)cc3)ccc2c1. The van der Waals surface area contributed by atoms with Gasteiger partial charge in [-0.05, 0) is 92.8 Å². The van der Waals surface area contributed by atoms with E-state index in [0.29, 0.717) is 0 Å². The maximum atomic E-state index is 6.84. The van der Waals surface area contributed by atoms with Crippen molar-refractivity contribution in [1.82, 2.24) is 0 Å². The van der Waals surface area contributed by atoms with Crippen molar-refractivity contribution in [3.05, 3.63) is 188 Å². The zero-order chi connectivity index (χ0) is 34.9. The number of rotatable bonds is 5. The van der Waals surface area contributed by atoms with Gasteiger partial charge in [-0.15, -0.1) is 11.3 Å². The first kappa shape index (κ1) is 30.0. The Labute approximate surface area is 310 Å². The second-order valence-corrected chi connectivity index (χ2v) is 14.7. The molecule has 0 atom stereocenters. The molecule has 0 unspecified atom stereocenters. The van der Waals surface area contributed by atoms with Crippen molar-refractivity contribution < 1.29 is 4.42 Å². The first-order chi connectivity index (χ1) is 26.3. The Hall–Kier alpha value is -6.68. The zero-order valence-electron chi connectivity index (χ0n) is 28.7. The van der Waals surface area contributed by atoms with Gasteiger partial charge in [-0.25, -0.2) is 0 Å². The van der Waals surface area contributed by atoms with E-state index in [0.717, 1.165) is 50.1 Å². The van der Waals surface area contributed by atoms with Crippen LogP contribution in [0.3, 0.4) is 0 Å². The van der Waals surface area contributed by atoms with Gasteiger partial charge >= 0.3 is 0 Å². The van der Waals surface area contributed by atoms with Crippen molar-refractivity contribution in [1.29, 1.82) is 0 Å². The molecule has 11 rings (SSSR count). The number of fused-ring (bicyclic) bond motifs is 8. The highest BCUT2D eigenvalue weighted by molar-refractivity contribution is 7.26. The summed E-state index contributed by atoms with van der Waals surface area (Å²) >= 11 is 1.85. The van der Waals surface area contributed by atoms with E-state index in [1.807, 2.05) is 11.3 Å². The lowest BCUT2D eigenvalue weighted by Crippen LogP contribution is -2.10. The molecule has 0 saturated heterocycles. The molecule has 0 aliphatic heterocycles. The highest BCUT2D eigenvalue weighted by Crippen LogP contribution is 2.49. The first-order valence-corrected chi connectivity index (χ1v) is 18.8. The Kier molecular flexibility index (Phi) is 6.76. The largest absolute Gasteiger partial charge is 0.455 e. The predicted molar refractivity (Wildman–Crippen MR) is 227 cm³/mol. The minimum atomic E-state index is 0.878. The van der Waals surface area contributed by atoms with Gasteiger partial charge in [0.25, 0.3) is 0 Å². The van der Waals surface area contributed by atoms with E-state index in [-0.39, 0.29) is 0 Å². The van der Waals surface area contributed by atoms with Crippen molar-refractivity contribution in [2.45, 2.75) is 0 Å². The van der Waals surface area contributed by atoms with Crippen LogP contribution in [0.25, 0.3) is 85.9 Å². The number of hydrogen-bond donors (Lipinski definition) is 0. The fraction of sp³-hybridized carbons (Fsp3) is 0. The van der Waals surface area contributed by atoms with Gasteiger partial charge in [0.2, 0.25) is 0 Å². The molecule has 9 aromatic carbocycles. The molecule has 11 aromatic rings. The van der Waals surface area contributed by atoms with Crippen LogP contribution >= 0.6 is 11.3 Å². The molecule has 0 N–H and O–H groups in total. The Bertz CT molecular complexity index is 3190. The minimum absolute atomic E-state index is 0.878. The van der Waals surface area contributed by atoms with E-state index in [1.54, 1.807) is 0 Å². The van der Waals surface area contributed by atoms with Crippen molar-refractivity contribution in [3.8, 4) is 22.3 Å². The maximum absolute atomic E-state index is 6.84. The molecule has 2 aromatic heterocycles. The van der Waals surface area contributed by atoms with Crippen LogP contribution in [0, 0.1) is 0 Å². The molecule has 0 amide bonds. The van der Waals surface area contributed by atoms with Gasteiger partial charge < -0.3 is 9.32 Å². The number of nitrogens with zero attached hydrogens (tertiary/aromatic N) is 1. The van der Waals surface area contributed by atoms with Crippen LogP contribution in [0.2, 0.25) is 0 Å². The molecule has 2 heterocycles. The van der Waals surface area contributed by atoms with Gasteiger partial charge in [0, 0.05) is 32.1 Å². The fourth-order valence-corrected chi connectivity index (χ4v) is 9.28. The topological polar surface area (TPSA) is 16.4 Å². The summed E-state index contributed by atoms with van der Waals surface area (Å²) in [6, 6.07) is 68.0. The lowest BCUT2D eigenvalue weighted by atomic mass is 9.97. The van der Waals surface area contributed by atoms with E-state index in [2.05, 4.69) is 193 Å². The molecule has 0 aliphatic carbocycles. The molecule has 248 valence electrons. The second kappa shape index (κ2) is 11.9. The molecule has 2 nitrogen and oxygen atoms in total. The van der Waals surface area contributed by atoms with Crippen LogP contribution in [0.15, 0.2) is 192 Å². The zero-order valence-corrected chi connectivity index (χ0v) is 29.5. The summed E-state index contributed by atoms with van der Waals surface area (Å²) in [4.78, 5) is 2.44. The number of benzene rings is 9. The highest BCUT2D eigenvalue weighted by Gasteiger charge is 2.24. The molecule has 0 bridgehead atoms. The molecule has 0 fully saturated rings. The number of furan rings is 1. The third-order valence-electron chi connectivity index (χ3n) is 10.6. The van der Waals surface area contributed by atoms with E-state index < -0.39 is 0 Å². The van der Waals surface area contributed by atoms with Gasteiger partial charge in [-0.2, -0.15) is 0 Å². The highest BCUT2D eigenvalue weighted by atomic mass is 32.1. The lowest BCUT2D eigenvalue weighted by Gasteiger charge is -2.27. The third-order valence-corrected chi connectivity index (χ3v) is 11.8. The maximum Gasteiger partial charge on any atom is 0.145 e. The predicted octanol–water partition coefficient (Wildman–Crippen LogP) is 15.1. The first-order valence-electron chi connectivity index (χ1n) is 18.0. The summed E-state index contributed by atoms with van der Waals surface area (Å²) in [6.45, 7) is 0. The van der Waals surface area contributed by atoms with Crippen molar-refractivity contribution in [3.63, 3.8) is 0 Å². The number of anilines is 3. The molecule has 53 heavy (non-hydrogen) atoms. The smallest absolute Gasteiger partial charge is 0.145 e. The monoisotopic (exact) mass is 693 g/mol. The van der Waals surface area contributed by atoms with Crippen molar-refractivity contribution >= 4 is 92.1 Å². The van der Waals surface area contributed by atoms with Gasteiger partial charge in [-0.3, -0.25) is 0 Å². The summed E-state index contributed by atoms with van der Waals surface area (Å²) in [6.07, 6.45) is 0. The summed E-state index contributed by atoms with van der Waals surface area (Å²) in [7, 11) is 0. The Morgan fingerprint density at radius 1 is 0.415 bits per heavy atom. The molecule has 0 aliphatic rings. The summed E-state index contributed by atoms with van der Waals surface area (Å²) < 4.78 is 9.38. The van der Waals surface area contributed by atoms with Gasteiger partial charge in [0.15, 0.2) is 0 Å². The van der Waals surface area contributed by atoms with Crippen LogP contribution in [-0.2, 0) is 0 Å². The fourth-order valence-electron chi connectivity index (χ4n) is 8.07. The molecule has 3 heteroatoms. The molecule has 0 spiro atoms. The van der Waals surface area contributed by atoms with Crippen LogP contribution in [0.1, 0.15) is 0 Å². The van der Waals surface area contributed by atoms with Gasteiger partial charge in [-0.1, -0.05) is 133 Å². The van der Waals surface area contributed by atoms with Crippen molar-refractivity contribution in [2.75, 3.05) is 4.90 Å². The Morgan fingerprint density at radius 3 is 1.83 bits per heavy atom. The minimum Gasteiger partial charge on any atom is -0.455 e. The number of thiophene rings is 1. The summed E-state index contributed by atoms with van der Waals surface area (Å²) in [5, 5.41) is 9.68. The molecular formula is C50H31NOS. The van der Waals surface area contributed by atoms with Gasteiger partial charge in [0.1, 0.15) is 11.2 Å². The molecule has 0 saturated carbocycles. The second-order valence-electron chi connectivity index (χ2n) is 13.7. The van der Waals surface area contributed by atoms with Crippen LogP contribution < -0.4 is 4.90 Å². The quantitative estimate of drug-likeness (QED) is 0.178.